The van der Waals surface area contributed by atoms with E-state index in [1.54, 1.807) is 0 Å². The van der Waals surface area contributed by atoms with Gasteiger partial charge in [-0.25, -0.2) is 0 Å². The average molecular weight is 314 g/mol. The van der Waals surface area contributed by atoms with Gasteiger partial charge in [-0.3, -0.25) is 4.79 Å². The van der Waals surface area contributed by atoms with E-state index < -0.39 is 0 Å². The number of carbonyl (C=O) groups is 1. The Kier molecular flexibility index (Phi) is 6.15. The maximum atomic E-state index is 11.7. The van der Waals surface area contributed by atoms with Crippen molar-refractivity contribution in [3.63, 3.8) is 0 Å². The van der Waals surface area contributed by atoms with Crippen LogP contribution < -0.4 is 16.4 Å². The maximum Gasteiger partial charge on any atom is 0.222 e. The summed E-state index contributed by atoms with van der Waals surface area (Å²) in [6, 6.07) is 7.87. The highest BCUT2D eigenvalue weighted by atomic mass is 79.9. The number of amides is 1. The molecule has 0 saturated heterocycles. The van der Waals surface area contributed by atoms with E-state index in [-0.39, 0.29) is 18.0 Å². The van der Waals surface area contributed by atoms with Crippen molar-refractivity contribution < 1.29 is 4.79 Å². The van der Waals surface area contributed by atoms with Gasteiger partial charge >= 0.3 is 0 Å². The summed E-state index contributed by atoms with van der Waals surface area (Å²) in [6.45, 7) is 4.29. The molecule has 4 N–H and O–H groups in total. The molecule has 1 aromatic rings. The van der Waals surface area contributed by atoms with Crippen LogP contribution in [0.15, 0.2) is 28.7 Å². The number of anilines is 1. The highest BCUT2D eigenvalue weighted by Gasteiger charge is 2.13. The van der Waals surface area contributed by atoms with E-state index in [1.165, 1.54) is 0 Å². The van der Waals surface area contributed by atoms with Gasteiger partial charge in [0.2, 0.25) is 5.91 Å². The number of nitrogens with two attached hydrogens (primary N) is 1. The van der Waals surface area contributed by atoms with Crippen LogP contribution >= 0.6 is 15.9 Å². The number of para-hydroxylation sites is 1. The van der Waals surface area contributed by atoms with Crippen LogP contribution in [0.25, 0.3) is 0 Å². The van der Waals surface area contributed by atoms with E-state index in [9.17, 15) is 4.79 Å². The highest BCUT2D eigenvalue weighted by Crippen LogP contribution is 2.22. The van der Waals surface area contributed by atoms with Gasteiger partial charge in [0.25, 0.3) is 0 Å². The zero-order chi connectivity index (χ0) is 13.5. The van der Waals surface area contributed by atoms with Crippen molar-refractivity contribution in [2.45, 2.75) is 32.4 Å². The standard InChI is InChI=1S/C13H20BrN3O/c1-9(2)16-13(18)7-10(8-15)17-12-6-4-3-5-11(12)14/h3-6,9-10,17H,7-8,15H2,1-2H3,(H,16,18). The number of halogens is 1. The van der Waals surface area contributed by atoms with Gasteiger partial charge < -0.3 is 16.4 Å². The fourth-order valence-electron chi connectivity index (χ4n) is 1.60. The molecule has 100 valence electrons. The van der Waals surface area contributed by atoms with E-state index in [0.29, 0.717) is 13.0 Å². The summed E-state index contributed by atoms with van der Waals surface area (Å²) in [7, 11) is 0. The average Bonchev–Trinajstić information content (AvgIpc) is 2.30. The van der Waals surface area contributed by atoms with Crippen molar-refractivity contribution in [2.75, 3.05) is 11.9 Å². The fraction of sp³-hybridized carbons (Fsp3) is 0.462. The van der Waals surface area contributed by atoms with Gasteiger partial charge in [0.05, 0.1) is 0 Å². The lowest BCUT2D eigenvalue weighted by Crippen LogP contribution is -2.38. The van der Waals surface area contributed by atoms with Crippen LogP contribution in [0.4, 0.5) is 5.69 Å². The van der Waals surface area contributed by atoms with E-state index in [0.717, 1.165) is 10.2 Å². The number of hydrogen-bond acceptors (Lipinski definition) is 3. The Balaban J connectivity index is 2.57. The predicted molar refractivity (Wildman–Crippen MR) is 78.5 cm³/mol. The van der Waals surface area contributed by atoms with E-state index in [2.05, 4.69) is 26.6 Å². The molecule has 1 amide bonds. The van der Waals surface area contributed by atoms with Crippen molar-refractivity contribution in [1.29, 1.82) is 0 Å². The van der Waals surface area contributed by atoms with E-state index in [1.807, 2.05) is 38.1 Å². The Morgan fingerprint density at radius 2 is 2.06 bits per heavy atom. The molecular weight excluding hydrogens is 294 g/mol. The van der Waals surface area contributed by atoms with Crippen LogP contribution in [-0.2, 0) is 4.79 Å². The summed E-state index contributed by atoms with van der Waals surface area (Å²) < 4.78 is 0.965. The largest absolute Gasteiger partial charge is 0.380 e. The van der Waals surface area contributed by atoms with Gasteiger partial charge in [-0.1, -0.05) is 12.1 Å². The van der Waals surface area contributed by atoms with E-state index in [4.69, 9.17) is 5.73 Å². The summed E-state index contributed by atoms with van der Waals surface area (Å²) in [6.07, 6.45) is 0.371. The molecule has 1 atom stereocenters. The van der Waals surface area contributed by atoms with Crippen LogP contribution in [-0.4, -0.2) is 24.5 Å². The summed E-state index contributed by atoms with van der Waals surface area (Å²) in [5, 5.41) is 6.13. The summed E-state index contributed by atoms with van der Waals surface area (Å²) in [4.78, 5) is 11.7. The fourth-order valence-corrected chi connectivity index (χ4v) is 2.00. The molecule has 0 fully saturated rings. The van der Waals surface area contributed by atoms with Gasteiger partial charge in [-0.05, 0) is 41.9 Å². The summed E-state index contributed by atoms with van der Waals surface area (Å²) >= 11 is 3.46. The Hall–Kier alpha value is -1.07. The predicted octanol–water partition coefficient (Wildman–Crippen LogP) is 2.10. The van der Waals surface area contributed by atoms with Crippen molar-refractivity contribution in [1.82, 2.24) is 5.32 Å². The molecule has 5 heteroatoms. The Morgan fingerprint density at radius 1 is 1.39 bits per heavy atom. The van der Waals surface area contributed by atoms with Crippen LogP contribution in [0.5, 0.6) is 0 Å². The molecule has 1 rings (SSSR count). The number of rotatable bonds is 6. The third kappa shape index (κ3) is 5.06. The minimum atomic E-state index is -0.0672. The van der Waals surface area contributed by atoms with Crippen LogP contribution in [0.1, 0.15) is 20.3 Å². The van der Waals surface area contributed by atoms with Crippen LogP contribution in [0.2, 0.25) is 0 Å². The quantitative estimate of drug-likeness (QED) is 0.753. The third-order valence-electron chi connectivity index (χ3n) is 2.40. The Bertz CT molecular complexity index is 396. The second-order valence-corrected chi connectivity index (χ2v) is 5.34. The lowest BCUT2D eigenvalue weighted by molar-refractivity contribution is -0.121. The van der Waals surface area contributed by atoms with Gasteiger partial charge in [0.1, 0.15) is 0 Å². The molecule has 0 radical (unpaired) electrons. The second kappa shape index (κ2) is 7.38. The first-order valence-corrected chi connectivity index (χ1v) is 6.82. The van der Waals surface area contributed by atoms with Crippen LogP contribution in [0, 0.1) is 0 Å². The van der Waals surface area contributed by atoms with Crippen LogP contribution in [0.3, 0.4) is 0 Å². The second-order valence-electron chi connectivity index (χ2n) is 4.48. The molecule has 0 aliphatic heterocycles. The molecule has 0 spiro atoms. The summed E-state index contributed by atoms with van der Waals surface area (Å²) in [5.41, 5.74) is 6.64. The molecule has 1 aromatic carbocycles. The zero-order valence-corrected chi connectivity index (χ0v) is 12.3. The zero-order valence-electron chi connectivity index (χ0n) is 10.7. The molecular formula is C13H20BrN3O. The molecule has 0 bridgehead atoms. The SMILES string of the molecule is CC(C)NC(=O)CC(CN)Nc1ccccc1Br. The lowest BCUT2D eigenvalue weighted by atomic mass is 10.1. The minimum Gasteiger partial charge on any atom is -0.380 e. The van der Waals surface area contributed by atoms with Gasteiger partial charge in [0.15, 0.2) is 0 Å². The number of hydrogen-bond donors (Lipinski definition) is 3. The maximum absolute atomic E-state index is 11.7. The molecule has 0 heterocycles. The van der Waals surface area contributed by atoms with Gasteiger partial charge in [-0.15, -0.1) is 0 Å². The van der Waals surface area contributed by atoms with Crippen molar-refractivity contribution in [2.24, 2.45) is 5.73 Å². The Labute approximate surface area is 116 Å². The number of carbonyl (C=O) groups excluding carboxylic acids is 1. The molecule has 1 unspecified atom stereocenters. The summed E-state index contributed by atoms with van der Waals surface area (Å²) in [5.74, 6) is 0.0139. The first-order chi connectivity index (χ1) is 8.52. The molecule has 4 nitrogen and oxygen atoms in total. The van der Waals surface area contributed by atoms with Crippen molar-refractivity contribution >= 4 is 27.5 Å². The molecule has 0 aromatic heterocycles. The molecule has 0 aliphatic carbocycles. The minimum absolute atomic E-state index is 0.0139. The first-order valence-electron chi connectivity index (χ1n) is 6.03. The van der Waals surface area contributed by atoms with E-state index >= 15 is 0 Å². The smallest absolute Gasteiger partial charge is 0.222 e. The number of nitrogens with one attached hydrogen (secondary N) is 2. The van der Waals surface area contributed by atoms with Gasteiger partial charge in [-0.2, -0.15) is 0 Å². The van der Waals surface area contributed by atoms with Crippen molar-refractivity contribution in [3.05, 3.63) is 28.7 Å². The normalized spacial score (nSPS) is 12.3. The highest BCUT2D eigenvalue weighted by molar-refractivity contribution is 9.10. The van der Waals surface area contributed by atoms with Crippen molar-refractivity contribution in [3.8, 4) is 0 Å². The first kappa shape index (κ1) is 15.0. The molecule has 18 heavy (non-hydrogen) atoms. The molecule has 0 saturated carbocycles. The number of benzene rings is 1. The Morgan fingerprint density at radius 3 is 2.61 bits per heavy atom. The van der Waals surface area contributed by atoms with Gasteiger partial charge in [0, 0.05) is 35.2 Å². The topological polar surface area (TPSA) is 67.2 Å². The molecule has 0 aliphatic rings. The monoisotopic (exact) mass is 313 g/mol. The third-order valence-corrected chi connectivity index (χ3v) is 3.09. The lowest BCUT2D eigenvalue weighted by Gasteiger charge is -2.19.